The summed E-state index contributed by atoms with van der Waals surface area (Å²) in [6.45, 7) is 3.38. The van der Waals surface area contributed by atoms with Gasteiger partial charge < -0.3 is 10.5 Å². The van der Waals surface area contributed by atoms with Gasteiger partial charge in [-0.1, -0.05) is 17.7 Å². The molecule has 0 saturated heterocycles. The topological polar surface area (TPSA) is 52.3 Å². The van der Waals surface area contributed by atoms with Gasteiger partial charge in [0.05, 0.1) is 6.61 Å². The molecule has 1 rings (SSSR count). The number of benzene rings is 1. The molecule has 2 N–H and O–H groups in total. The molecular weight excluding hydrogens is 233 g/mol. The minimum atomic E-state index is -1.37. The summed E-state index contributed by atoms with van der Waals surface area (Å²) >= 11 is 5.83. The van der Waals surface area contributed by atoms with Crippen molar-refractivity contribution in [3.8, 4) is 0 Å². The number of hydrogen-bond donors (Lipinski definition) is 1. The van der Waals surface area contributed by atoms with Crippen LogP contribution >= 0.6 is 11.6 Å². The lowest BCUT2D eigenvalue weighted by atomic mass is 9.93. The summed E-state index contributed by atoms with van der Waals surface area (Å²) in [6.07, 6.45) is 0. The van der Waals surface area contributed by atoms with E-state index in [1.54, 1.807) is 6.92 Å². The van der Waals surface area contributed by atoms with Gasteiger partial charge in [0.25, 0.3) is 0 Å². The first kappa shape index (κ1) is 12.9. The lowest BCUT2D eigenvalue weighted by molar-refractivity contribution is -0.149. The highest BCUT2D eigenvalue weighted by atomic mass is 35.5. The number of hydrogen-bond acceptors (Lipinski definition) is 3. The van der Waals surface area contributed by atoms with Crippen LogP contribution in [0.3, 0.4) is 0 Å². The summed E-state index contributed by atoms with van der Waals surface area (Å²) in [5.41, 5.74) is 4.80. The molecule has 0 saturated carbocycles. The van der Waals surface area contributed by atoms with Crippen LogP contribution in [0, 0.1) is 5.82 Å². The minimum Gasteiger partial charge on any atom is -0.464 e. The summed E-state index contributed by atoms with van der Waals surface area (Å²) < 4.78 is 17.7. The van der Waals surface area contributed by atoms with Crippen LogP contribution in [0.1, 0.15) is 19.4 Å². The Balaban J connectivity index is 3.11. The SMILES string of the molecule is CCOC(=O)C(C)(N)c1ccc(F)cc1Cl. The van der Waals surface area contributed by atoms with Crippen molar-refractivity contribution in [2.24, 2.45) is 5.73 Å². The number of nitrogens with two attached hydrogens (primary N) is 1. The smallest absolute Gasteiger partial charge is 0.330 e. The van der Waals surface area contributed by atoms with Crippen LogP contribution in [-0.4, -0.2) is 12.6 Å². The Bertz CT molecular complexity index is 407. The molecule has 0 aromatic heterocycles. The van der Waals surface area contributed by atoms with E-state index in [4.69, 9.17) is 22.1 Å². The van der Waals surface area contributed by atoms with E-state index in [1.165, 1.54) is 19.1 Å². The van der Waals surface area contributed by atoms with Gasteiger partial charge in [-0.25, -0.2) is 9.18 Å². The van der Waals surface area contributed by atoms with Gasteiger partial charge in [-0.15, -0.1) is 0 Å². The third-order valence-electron chi connectivity index (χ3n) is 2.19. The lowest BCUT2D eigenvalue weighted by Crippen LogP contribution is -2.43. The van der Waals surface area contributed by atoms with E-state index < -0.39 is 17.3 Å². The molecule has 3 nitrogen and oxygen atoms in total. The number of esters is 1. The number of halogens is 2. The highest BCUT2D eigenvalue weighted by molar-refractivity contribution is 6.31. The zero-order chi connectivity index (χ0) is 12.3. The second-order valence-corrected chi connectivity index (χ2v) is 3.95. The Kier molecular flexibility index (Phi) is 3.88. The van der Waals surface area contributed by atoms with Crippen LogP contribution in [0.2, 0.25) is 5.02 Å². The van der Waals surface area contributed by atoms with Gasteiger partial charge >= 0.3 is 5.97 Å². The quantitative estimate of drug-likeness (QED) is 0.831. The molecule has 5 heteroatoms. The number of carbonyl (C=O) groups is 1. The molecule has 16 heavy (non-hydrogen) atoms. The molecule has 88 valence electrons. The summed E-state index contributed by atoms with van der Waals surface area (Å²) in [5, 5.41) is 0.109. The van der Waals surface area contributed by atoms with Crippen molar-refractivity contribution >= 4 is 17.6 Å². The zero-order valence-electron chi connectivity index (χ0n) is 9.09. The van der Waals surface area contributed by atoms with Crippen molar-refractivity contribution in [1.29, 1.82) is 0 Å². The van der Waals surface area contributed by atoms with Gasteiger partial charge in [0.2, 0.25) is 0 Å². The Morgan fingerprint density at radius 3 is 2.75 bits per heavy atom. The molecule has 1 aromatic rings. The van der Waals surface area contributed by atoms with E-state index in [-0.39, 0.29) is 11.6 Å². The fourth-order valence-corrected chi connectivity index (χ4v) is 1.67. The third kappa shape index (κ3) is 2.51. The molecule has 1 atom stereocenters. The molecule has 0 radical (unpaired) electrons. The fraction of sp³-hybridized carbons (Fsp3) is 0.364. The molecule has 0 aliphatic rings. The van der Waals surface area contributed by atoms with E-state index in [1.807, 2.05) is 0 Å². The van der Waals surface area contributed by atoms with E-state index >= 15 is 0 Å². The first-order valence-electron chi connectivity index (χ1n) is 4.81. The zero-order valence-corrected chi connectivity index (χ0v) is 9.84. The normalized spacial score (nSPS) is 14.3. The fourth-order valence-electron chi connectivity index (χ4n) is 1.30. The van der Waals surface area contributed by atoms with Gasteiger partial charge in [-0.3, -0.25) is 0 Å². The van der Waals surface area contributed by atoms with E-state index in [0.29, 0.717) is 5.56 Å². The van der Waals surface area contributed by atoms with Crippen LogP contribution in [-0.2, 0) is 15.1 Å². The van der Waals surface area contributed by atoms with Gasteiger partial charge in [-0.2, -0.15) is 0 Å². The van der Waals surface area contributed by atoms with Crippen LogP contribution in [0.5, 0.6) is 0 Å². The predicted octanol–water partition coefficient (Wildman–Crippen LogP) is 2.22. The van der Waals surface area contributed by atoms with E-state index in [2.05, 4.69) is 0 Å². The van der Waals surface area contributed by atoms with E-state index in [0.717, 1.165) is 6.07 Å². The summed E-state index contributed by atoms with van der Waals surface area (Å²) in [6, 6.07) is 3.70. The standard InChI is InChI=1S/C11H13ClFNO2/c1-3-16-10(15)11(2,14)8-5-4-7(13)6-9(8)12/h4-6H,3,14H2,1-2H3. The molecule has 0 fully saturated rings. The summed E-state index contributed by atoms with van der Waals surface area (Å²) in [5.74, 6) is -1.07. The maximum atomic E-state index is 12.8. The first-order valence-corrected chi connectivity index (χ1v) is 5.19. The largest absolute Gasteiger partial charge is 0.464 e. The number of carbonyl (C=O) groups excluding carboxylic acids is 1. The number of rotatable bonds is 3. The summed E-state index contributed by atoms with van der Waals surface area (Å²) in [7, 11) is 0. The second kappa shape index (κ2) is 4.80. The Labute approximate surface area is 98.3 Å². The molecule has 0 amide bonds. The third-order valence-corrected chi connectivity index (χ3v) is 2.50. The van der Waals surface area contributed by atoms with Crippen LogP contribution in [0.25, 0.3) is 0 Å². The summed E-state index contributed by atoms with van der Waals surface area (Å²) in [4.78, 5) is 11.6. The van der Waals surface area contributed by atoms with Crippen molar-refractivity contribution in [2.75, 3.05) is 6.61 Å². The Hall–Kier alpha value is -1.13. The highest BCUT2D eigenvalue weighted by Gasteiger charge is 2.34. The average Bonchev–Trinajstić information content (AvgIpc) is 2.17. The Morgan fingerprint density at radius 2 is 2.25 bits per heavy atom. The maximum absolute atomic E-state index is 12.8. The van der Waals surface area contributed by atoms with Gasteiger partial charge in [0.1, 0.15) is 11.4 Å². The highest BCUT2D eigenvalue weighted by Crippen LogP contribution is 2.27. The van der Waals surface area contributed by atoms with Gasteiger partial charge in [0, 0.05) is 10.6 Å². The van der Waals surface area contributed by atoms with Gasteiger partial charge in [0.15, 0.2) is 0 Å². The van der Waals surface area contributed by atoms with Gasteiger partial charge in [-0.05, 0) is 26.0 Å². The maximum Gasteiger partial charge on any atom is 0.330 e. The van der Waals surface area contributed by atoms with Crippen molar-refractivity contribution in [1.82, 2.24) is 0 Å². The molecule has 0 spiro atoms. The van der Waals surface area contributed by atoms with Crippen molar-refractivity contribution in [3.63, 3.8) is 0 Å². The molecular formula is C11H13ClFNO2. The average molecular weight is 246 g/mol. The molecule has 0 aliphatic heterocycles. The molecule has 0 heterocycles. The molecule has 1 aromatic carbocycles. The second-order valence-electron chi connectivity index (χ2n) is 3.55. The van der Waals surface area contributed by atoms with Crippen molar-refractivity contribution in [2.45, 2.75) is 19.4 Å². The van der Waals surface area contributed by atoms with Crippen molar-refractivity contribution < 1.29 is 13.9 Å². The minimum absolute atomic E-state index is 0.109. The van der Waals surface area contributed by atoms with Crippen LogP contribution in [0.4, 0.5) is 4.39 Å². The molecule has 0 bridgehead atoms. The predicted molar refractivity (Wildman–Crippen MR) is 59.6 cm³/mol. The molecule has 1 unspecified atom stereocenters. The van der Waals surface area contributed by atoms with Crippen LogP contribution in [0.15, 0.2) is 18.2 Å². The Morgan fingerprint density at radius 1 is 1.62 bits per heavy atom. The number of ether oxygens (including phenoxy) is 1. The van der Waals surface area contributed by atoms with E-state index in [9.17, 15) is 9.18 Å². The monoisotopic (exact) mass is 245 g/mol. The van der Waals surface area contributed by atoms with Crippen molar-refractivity contribution in [3.05, 3.63) is 34.6 Å². The molecule has 0 aliphatic carbocycles. The lowest BCUT2D eigenvalue weighted by Gasteiger charge is -2.23. The van der Waals surface area contributed by atoms with Crippen LogP contribution < -0.4 is 5.73 Å². The first-order chi connectivity index (χ1) is 7.39.